The third-order valence-electron chi connectivity index (χ3n) is 3.80. The van der Waals surface area contributed by atoms with E-state index in [0.717, 1.165) is 12.7 Å². The molecule has 1 heterocycles. The van der Waals surface area contributed by atoms with E-state index in [9.17, 15) is 18.0 Å². The highest BCUT2D eigenvalue weighted by Crippen LogP contribution is 2.28. The average Bonchev–Trinajstić information content (AvgIpc) is 2.85. The minimum absolute atomic E-state index is 0.0289. The zero-order valence-electron chi connectivity index (χ0n) is 15.0. The van der Waals surface area contributed by atoms with Crippen LogP contribution in [0.2, 0.25) is 0 Å². The lowest BCUT2D eigenvalue weighted by Crippen LogP contribution is -2.39. The summed E-state index contributed by atoms with van der Waals surface area (Å²) in [6.07, 6.45) is 2.17. The van der Waals surface area contributed by atoms with E-state index in [0.29, 0.717) is 24.5 Å². The van der Waals surface area contributed by atoms with Crippen molar-refractivity contribution in [3.63, 3.8) is 0 Å². The Hall–Kier alpha value is -2.49. The van der Waals surface area contributed by atoms with E-state index in [4.69, 9.17) is 4.74 Å². The lowest BCUT2D eigenvalue weighted by atomic mass is 10.2. The highest BCUT2D eigenvalue weighted by atomic mass is 32.2. The third-order valence-corrected chi connectivity index (χ3v) is 4.39. The van der Waals surface area contributed by atoms with E-state index in [2.05, 4.69) is 15.4 Å². The highest BCUT2D eigenvalue weighted by molar-refractivity contribution is 7.92. The molecule has 0 bridgehead atoms. The van der Waals surface area contributed by atoms with Crippen molar-refractivity contribution in [3.8, 4) is 5.75 Å². The largest absolute Gasteiger partial charge is 0.495 e. The maximum absolute atomic E-state index is 12.2. The number of ether oxygens (including phenoxy) is 1. The van der Waals surface area contributed by atoms with Crippen LogP contribution in [0.15, 0.2) is 18.2 Å². The first-order valence-corrected chi connectivity index (χ1v) is 10.1. The maximum Gasteiger partial charge on any atom is 0.319 e. The third kappa shape index (κ3) is 5.51. The van der Waals surface area contributed by atoms with Crippen molar-refractivity contribution in [3.05, 3.63) is 18.2 Å². The van der Waals surface area contributed by atoms with Gasteiger partial charge in [0.25, 0.3) is 0 Å². The average molecular weight is 384 g/mol. The van der Waals surface area contributed by atoms with Gasteiger partial charge in [-0.15, -0.1) is 0 Å². The fourth-order valence-electron chi connectivity index (χ4n) is 2.77. The molecule has 9 nitrogen and oxygen atoms in total. The van der Waals surface area contributed by atoms with Gasteiger partial charge >= 0.3 is 6.03 Å². The summed E-state index contributed by atoms with van der Waals surface area (Å²) in [7, 11) is -2.07. The molecule has 1 aromatic rings. The molecule has 1 aliphatic heterocycles. The zero-order valence-corrected chi connectivity index (χ0v) is 15.9. The van der Waals surface area contributed by atoms with Crippen molar-refractivity contribution >= 4 is 33.3 Å². The number of urea groups is 1. The Morgan fingerprint density at radius 2 is 2.12 bits per heavy atom. The van der Waals surface area contributed by atoms with E-state index in [1.807, 2.05) is 6.92 Å². The first kappa shape index (κ1) is 19.8. The van der Waals surface area contributed by atoms with Gasteiger partial charge in [0, 0.05) is 25.2 Å². The van der Waals surface area contributed by atoms with Crippen LogP contribution >= 0.6 is 0 Å². The van der Waals surface area contributed by atoms with E-state index in [1.165, 1.54) is 13.2 Å². The van der Waals surface area contributed by atoms with E-state index in [-0.39, 0.29) is 24.1 Å². The van der Waals surface area contributed by atoms with Gasteiger partial charge in [0.2, 0.25) is 15.9 Å². The van der Waals surface area contributed by atoms with Crippen molar-refractivity contribution in [1.82, 2.24) is 10.2 Å². The van der Waals surface area contributed by atoms with E-state index in [1.54, 1.807) is 17.0 Å². The molecule has 1 fully saturated rings. The van der Waals surface area contributed by atoms with E-state index >= 15 is 0 Å². The van der Waals surface area contributed by atoms with Gasteiger partial charge in [-0.25, -0.2) is 13.2 Å². The minimum atomic E-state index is -3.49. The molecular weight excluding hydrogens is 360 g/mol. The topological polar surface area (TPSA) is 117 Å². The summed E-state index contributed by atoms with van der Waals surface area (Å²) in [5.74, 6) is 0.360. The van der Waals surface area contributed by atoms with Crippen LogP contribution < -0.4 is 20.1 Å². The molecule has 0 aromatic heterocycles. The summed E-state index contributed by atoms with van der Waals surface area (Å²) in [6, 6.07) is 3.89. The van der Waals surface area contributed by atoms with Crippen LogP contribution in [0, 0.1) is 0 Å². The monoisotopic (exact) mass is 384 g/mol. The molecule has 0 spiro atoms. The first-order chi connectivity index (χ1) is 12.2. The number of carbonyl (C=O) groups excluding carboxylic acids is 2. The normalized spacial score (nSPS) is 17.1. The number of sulfonamides is 1. The molecule has 1 aliphatic rings. The number of hydrogen-bond donors (Lipinski definition) is 3. The molecular formula is C16H24N4O5S. The van der Waals surface area contributed by atoms with Gasteiger partial charge < -0.3 is 20.3 Å². The summed E-state index contributed by atoms with van der Waals surface area (Å²) in [5.41, 5.74) is 0.613. The summed E-state index contributed by atoms with van der Waals surface area (Å²) < 4.78 is 30.3. The second kappa shape index (κ2) is 8.26. The standard InChI is InChI=1S/C16H24N4O5S/c1-4-7-20-10-12(9-15(20)21)18-16(22)17-11-5-6-14(25-2)13(8-11)19-26(3,23)24/h5-6,8,12,19H,4,7,9-10H2,1-3H3,(H2,17,18,22). The van der Waals surface area contributed by atoms with Gasteiger partial charge in [-0.3, -0.25) is 9.52 Å². The Labute approximate surface area is 153 Å². The SMILES string of the molecule is CCCN1CC(NC(=O)Nc2ccc(OC)c(NS(C)(=O)=O)c2)CC1=O. The maximum atomic E-state index is 12.2. The predicted molar refractivity (Wildman–Crippen MR) is 98.9 cm³/mol. The summed E-state index contributed by atoms with van der Waals surface area (Å²) in [4.78, 5) is 25.7. The number of anilines is 2. The molecule has 3 N–H and O–H groups in total. The number of benzene rings is 1. The fraction of sp³-hybridized carbons (Fsp3) is 0.500. The molecule has 1 aromatic carbocycles. The Bertz CT molecular complexity index is 781. The van der Waals surface area contributed by atoms with E-state index < -0.39 is 16.1 Å². The van der Waals surface area contributed by atoms with Crippen molar-refractivity contribution in [1.29, 1.82) is 0 Å². The van der Waals surface area contributed by atoms with Gasteiger partial charge in [-0.2, -0.15) is 0 Å². The van der Waals surface area contributed by atoms with Crippen LogP contribution in [0.5, 0.6) is 5.75 Å². The number of nitrogens with zero attached hydrogens (tertiary/aromatic N) is 1. The number of hydrogen-bond acceptors (Lipinski definition) is 5. The van der Waals surface area contributed by atoms with Gasteiger partial charge in [-0.1, -0.05) is 6.92 Å². The molecule has 1 unspecified atom stereocenters. The Morgan fingerprint density at radius 1 is 1.38 bits per heavy atom. The van der Waals surface area contributed by atoms with Gasteiger partial charge in [0.15, 0.2) is 0 Å². The van der Waals surface area contributed by atoms with Crippen LogP contribution in [-0.2, 0) is 14.8 Å². The molecule has 1 saturated heterocycles. The molecule has 26 heavy (non-hydrogen) atoms. The Kier molecular flexibility index (Phi) is 6.30. The van der Waals surface area contributed by atoms with Gasteiger partial charge in [-0.05, 0) is 24.6 Å². The minimum Gasteiger partial charge on any atom is -0.495 e. The van der Waals surface area contributed by atoms with Crippen LogP contribution in [0.3, 0.4) is 0 Å². The number of likely N-dealkylation sites (tertiary alicyclic amines) is 1. The lowest BCUT2D eigenvalue weighted by Gasteiger charge is -2.17. The Morgan fingerprint density at radius 3 is 2.73 bits per heavy atom. The molecule has 10 heteroatoms. The Balaban J connectivity index is 2.01. The molecule has 1 atom stereocenters. The number of methoxy groups -OCH3 is 1. The van der Waals surface area contributed by atoms with Crippen LogP contribution in [-0.4, -0.2) is 57.8 Å². The van der Waals surface area contributed by atoms with Crippen LogP contribution in [0.1, 0.15) is 19.8 Å². The van der Waals surface area contributed by atoms with Crippen molar-refractivity contribution in [2.45, 2.75) is 25.8 Å². The molecule has 144 valence electrons. The first-order valence-electron chi connectivity index (χ1n) is 8.23. The number of amides is 3. The second-order valence-electron chi connectivity index (χ2n) is 6.13. The van der Waals surface area contributed by atoms with Crippen molar-refractivity contribution < 1.29 is 22.7 Å². The zero-order chi connectivity index (χ0) is 19.3. The van der Waals surface area contributed by atoms with Gasteiger partial charge in [0.05, 0.1) is 25.1 Å². The van der Waals surface area contributed by atoms with Crippen molar-refractivity contribution in [2.75, 3.05) is 36.5 Å². The molecule has 3 amide bonds. The molecule has 0 radical (unpaired) electrons. The number of carbonyl (C=O) groups is 2. The summed E-state index contributed by atoms with van der Waals surface area (Å²) >= 11 is 0. The summed E-state index contributed by atoms with van der Waals surface area (Å²) in [5, 5.41) is 5.40. The van der Waals surface area contributed by atoms with Crippen LogP contribution in [0.4, 0.5) is 16.2 Å². The second-order valence-corrected chi connectivity index (χ2v) is 7.88. The fourth-order valence-corrected chi connectivity index (χ4v) is 3.33. The summed E-state index contributed by atoms with van der Waals surface area (Å²) in [6.45, 7) is 3.16. The molecule has 0 aliphatic carbocycles. The molecule has 2 rings (SSSR count). The lowest BCUT2D eigenvalue weighted by molar-refractivity contribution is -0.127. The van der Waals surface area contributed by atoms with Crippen molar-refractivity contribution in [2.24, 2.45) is 0 Å². The number of rotatable bonds is 7. The quantitative estimate of drug-likeness (QED) is 0.653. The number of nitrogens with one attached hydrogen (secondary N) is 3. The smallest absolute Gasteiger partial charge is 0.319 e. The van der Waals surface area contributed by atoms with Crippen LogP contribution in [0.25, 0.3) is 0 Å². The predicted octanol–water partition coefficient (Wildman–Crippen LogP) is 1.20. The molecule has 0 saturated carbocycles. The highest BCUT2D eigenvalue weighted by Gasteiger charge is 2.29. The van der Waals surface area contributed by atoms with Gasteiger partial charge in [0.1, 0.15) is 5.75 Å².